The highest BCUT2D eigenvalue weighted by atomic mass is 19.1. The van der Waals surface area contributed by atoms with E-state index >= 15 is 0 Å². The van der Waals surface area contributed by atoms with Gasteiger partial charge in [-0.15, -0.1) is 0 Å². The molecule has 8 heteroatoms. The van der Waals surface area contributed by atoms with Gasteiger partial charge in [-0.3, -0.25) is 19.7 Å². The summed E-state index contributed by atoms with van der Waals surface area (Å²) in [6.07, 6.45) is -0.601. The molecule has 0 fully saturated rings. The Morgan fingerprint density at radius 1 is 1.28 bits per heavy atom. The molecule has 0 saturated heterocycles. The van der Waals surface area contributed by atoms with Crippen LogP contribution in [0.4, 0.5) is 15.8 Å². The maximum atomic E-state index is 13.0. The number of likely N-dealkylation sites (N-methyl/N-ethyl adjacent to an activating group) is 1. The van der Waals surface area contributed by atoms with Crippen LogP contribution in [0.15, 0.2) is 42.5 Å². The zero-order valence-electron chi connectivity index (χ0n) is 13.1. The van der Waals surface area contributed by atoms with Crippen LogP contribution in [0, 0.1) is 15.9 Å². The van der Waals surface area contributed by atoms with Gasteiger partial charge in [0, 0.05) is 30.3 Å². The first kappa shape index (κ1) is 16.7. The first-order valence-electron chi connectivity index (χ1n) is 7.32. The Labute approximate surface area is 141 Å². The maximum absolute atomic E-state index is 13.0. The average molecular weight is 344 g/mol. The van der Waals surface area contributed by atoms with E-state index < -0.39 is 34.5 Å². The van der Waals surface area contributed by atoms with Crippen LogP contribution >= 0.6 is 0 Å². The summed E-state index contributed by atoms with van der Waals surface area (Å²) in [4.78, 5) is 36.4. The minimum Gasteiger partial charge on any atom is -0.375 e. The van der Waals surface area contributed by atoms with Gasteiger partial charge in [0.05, 0.1) is 17.0 Å². The van der Waals surface area contributed by atoms with E-state index in [1.807, 2.05) is 0 Å². The van der Waals surface area contributed by atoms with Crippen LogP contribution in [0.5, 0.6) is 0 Å². The number of Topliss-reactive ketones (excluding diaryl/α,β-unsaturated/α-hetero) is 1. The molecule has 2 aromatic carbocycles. The molecular weight excluding hydrogens is 331 g/mol. The average Bonchev–Trinajstić information content (AvgIpc) is 2.77. The molecule has 1 atom stereocenters. The van der Waals surface area contributed by atoms with Gasteiger partial charge in [-0.25, -0.2) is 4.39 Å². The molecule has 0 radical (unpaired) electrons. The highest BCUT2D eigenvalue weighted by Crippen LogP contribution is 2.43. The van der Waals surface area contributed by atoms with Crippen molar-refractivity contribution in [3.63, 3.8) is 0 Å². The lowest BCUT2D eigenvalue weighted by molar-refractivity contribution is -0.385. The number of nitro groups is 1. The van der Waals surface area contributed by atoms with Crippen molar-refractivity contribution in [3.05, 3.63) is 69.5 Å². The Morgan fingerprint density at radius 3 is 2.52 bits per heavy atom. The first-order chi connectivity index (χ1) is 11.7. The lowest BCUT2D eigenvalue weighted by Crippen LogP contribution is -2.40. The number of halogens is 1. The Kier molecular flexibility index (Phi) is 3.84. The number of amides is 1. The number of non-ortho nitro benzene ring substituents is 1. The third-order valence-corrected chi connectivity index (χ3v) is 4.24. The maximum Gasteiger partial charge on any atom is 0.269 e. The van der Waals surface area contributed by atoms with Crippen molar-refractivity contribution >= 4 is 23.1 Å². The highest BCUT2D eigenvalue weighted by Gasteiger charge is 2.50. The van der Waals surface area contributed by atoms with Crippen molar-refractivity contribution in [3.8, 4) is 0 Å². The van der Waals surface area contributed by atoms with Gasteiger partial charge in [-0.2, -0.15) is 0 Å². The number of carbonyl (C=O) groups excluding carboxylic acids is 2. The normalized spacial score (nSPS) is 19.0. The summed E-state index contributed by atoms with van der Waals surface area (Å²) in [5.74, 6) is -1.85. The predicted octanol–water partition coefficient (Wildman–Crippen LogP) is 2.17. The van der Waals surface area contributed by atoms with E-state index in [2.05, 4.69) is 0 Å². The fourth-order valence-corrected chi connectivity index (χ4v) is 2.90. The third kappa shape index (κ3) is 2.66. The number of nitro benzene ring substituents is 1. The SMILES string of the molecule is CN1C(=O)C(O)(CC(=O)c2ccc(F)cc2)c2cc([N+](=O)[O-])ccc21. The van der Waals surface area contributed by atoms with E-state index in [0.29, 0.717) is 5.69 Å². The largest absolute Gasteiger partial charge is 0.375 e. The molecule has 1 N–H and O–H groups in total. The molecule has 7 nitrogen and oxygen atoms in total. The molecule has 0 aromatic heterocycles. The van der Waals surface area contributed by atoms with Crippen LogP contribution in [0.2, 0.25) is 0 Å². The molecule has 3 rings (SSSR count). The van der Waals surface area contributed by atoms with E-state index in [-0.39, 0.29) is 16.8 Å². The Hall–Kier alpha value is -3.13. The first-order valence-corrected chi connectivity index (χ1v) is 7.32. The number of hydrogen-bond donors (Lipinski definition) is 1. The van der Waals surface area contributed by atoms with Crippen LogP contribution < -0.4 is 4.90 Å². The van der Waals surface area contributed by atoms with Gasteiger partial charge >= 0.3 is 0 Å². The summed E-state index contributed by atoms with van der Waals surface area (Å²) >= 11 is 0. The fourth-order valence-electron chi connectivity index (χ4n) is 2.90. The van der Waals surface area contributed by atoms with Crippen molar-refractivity contribution in [1.29, 1.82) is 0 Å². The number of fused-ring (bicyclic) bond motifs is 1. The van der Waals surface area contributed by atoms with Crippen molar-refractivity contribution in [2.24, 2.45) is 0 Å². The topological polar surface area (TPSA) is 101 Å². The van der Waals surface area contributed by atoms with Gasteiger partial charge in [0.25, 0.3) is 11.6 Å². The van der Waals surface area contributed by atoms with Crippen LogP contribution in [0.3, 0.4) is 0 Å². The van der Waals surface area contributed by atoms with E-state index in [9.17, 15) is 29.2 Å². The number of hydrogen-bond acceptors (Lipinski definition) is 5. The van der Waals surface area contributed by atoms with E-state index in [1.165, 1.54) is 31.3 Å². The number of carbonyl (C=O) groups is 2. The quantitative estimate of drug-likeness (QED) is 0.520. The number of ketones is 1. The summed E-state index contributed by atoms with van der Waals surface area (Å²) in [5, 5.41) is 21.8. The molecule has 1 heterocycles. The van der Waals surface area contributed by atoms with Gasteiger partial charge in [-0.05, 0) is 30.3 Å². The molecular formula is C17H13FN2O5. The zero-order valence-corrected chi connectivity index (χ0v) is 13.1. The summed E-state index contributed by atoms with van der Waals surface area (Å²) in [6, 6.07) is 8.35. The number of anilines is 1. The minimum atomic E-state index is -2.21. The third-order valence-electron chi connectivity index (χ3n) is 4.24. The van der Waals surface area contributed by atoms with Crippen molar-refractivity contribution in [1.82, 2.24) is 0 Å². The Bertz CT molecular complexity index is 896. The molecule has 1 amide bonds. The van der Waals surface area contributed by atoms with Gasteiger partial charge in [0.2, 0.25) is 0 Å². The van der Waals surface area contributed by atoms with Crippen molar-refractivity contribution in [2.75, 3.05) is 11.9 Å². The predicted molar refractivity (Wildman–Crippen MR) is 85.8 cm³/mol. The van der Waals surface area contributed by atoms with E-state index in [0.717, 1.165) is 23.1 Å². The summed E-state index contributed by atoms with van der Waals surface area (Å²) < 4.78 is 13.0. The van der Waals surface area contributed by atoms with Crippen molar-refractivity contribution < 1.29 is 24.0 Å². The Morgan fingerprint density at radius 2 is 1.92 bits per heavy atom. The summed E-state index contributed by atoms with van der Waals surface area (Å²) in [7, 11) is 1.41. The minimum absolute atomic E-state index is 0.00432. The number of aliphatic hydroxyl groups is 1. The molecule has 2 aromatic rings. The molecule has 0 saturated carbocycles. The molecule has 0 bridgehead atoms. The zero-order chi connectivity index (χ0) is 18.4. The van der Waals surface area contributed by atoms with Gasteiger partial charge in [0.15, 0.2) is 11.4 Å². The Balaban J connectivity index is 2.02. The van der Waals surface area contributed by atoms with E-state index in [1.54, 1.807) is 0 Å². The second-order valence-electron chi connectivity index (χ2n) is 5.79. The molecule has 25 heavy (non-hydrogen) atoms. The number of rotatable bonds is 4. The molecule has 128 valence electrons. The highest BCUT2D eigenvalue weighted by molar-refractivity contribution is 6.10. The van der Waals surface area contributed by atoms with Crippen LogP contribution in [-0.4, -0.2) is 28.8 Å². The smallest absolute Gasteiger partial charge is 0.269 e. The molecule has 1 unspecified atom stereocenters. The summed E-state index contributed by atoms with van der Waals surface area (Å²) in [6.45, 7) is 0. The lowest BCUT2D eigenvalue weighted by atomic mass is 9.88. The molecule has 0 spiro atoms. The molecule has 0 aliphatic carbocycles. The van der Waals surface area contributed by atoms with Crippen LogP contribution in [0.25, 0.3) is 0 Å². The van der Waals surface area contributed by atoms with E-state index in [4.69, 9.17) is 0 Å². The van der Waals surface area contributed by atoms with Crippen molar-refractivity contribution in [2.45, 2.75) is 12.0 Å². The summed E-state index contributed by atoms with van der Waals surface area (Å²) in [5.41, 5.74) is -2.07. The van der Waals surface area contributed by atoms with Crippen LogP contribution in [0.1, 0.15) is 22.3 Å². The number of nitrogens with zero attached hydrogens (tertiary/aromatic N) is 2. The fraction of sp³-hybridized carbons (Fsp3) is 0.176. The number of benzene rings is 2. The second-order valence-corrected chi connectivity index (χ2v) is 5.79. The van der Waals surface area contributed by atoms with Crippen LogP contribution in [-0.2, 0) is 10.4 Å². The van der Waals surface area contributed by atoms with Gasteiger partial charge in [0.1, 0.15) is 5.82 Å². The molecule has 1 aliphatic rings. The standard InChI is InChI=1S/C17H13FN2O5/c1-19-14-7-6-12(20(24)25)8-13(14)17(23,16(19)22)9-15(21)10-2-4-11(18)5-3-10/h2-8,23H,9H2,1H3. The lowest BCUT2D eigenvalue weighted by Gasteiger charge is -2.21. The molecule has 1 aliphatic heterocycles. The van der Waals surface area contributed by atoms with Gasteiger partial charge < -0.3 is 10.0 Å². The monoisotopic (exact) mass is 344 g/mol. The van der Waals surface area contributed by atoms with Gasteiger partial charge in [-0.1, -0.05) is 0 Å². The second kappa shape index (κ2) is 5.75.